The minimum atomic E-state index is -0.404. The average molecular weight is 338 g/mol. The number of aliphatic imine (C=N–C) groups is 1. The number of hydrogen-bond donors (Lipinski definition) is 2. The van der Waals surface area contributed by atoms with Crippen molar-refractivity contribution in [3.05, 3.63) is 0 Å². The van der Waals surface area contributed by atoms with Crippen LogP contribution in [0.3, 0.4) is 0 Å². The number of carbonyl (C=O) groups is 1. The highest BCUT2D eigenvalue weighted by atomic mass is 16.6. The van der Waals surface area contributed by atoms with Gasteiger partial charge in [-0.2, -0.15) is 0 Å². The van der Waals surface area contributed by atoms with Gasteiger partial charge in [0.05, 0.1) is 12.0 Å². The summed E-state index contributed by atoms with van der Waals surface area (Å²) in [6, 6.07) is 0.719. The SMILES string of the molecule is CC(C)(C)OC(=O)C1CCC(N=C(N)NC2CCCCCC2)CC1. The fraction of sp³-hybridized carbons (Fsp3) is 0.895. The quantitative estimate of drug-likeness (QED) is 0.357. The fourth-order valence-electron chi connectivity index (χ4n) is 3.69. The molecule has 0 saturated heterocycles. The van der Waals surface area contributed by atoms with Crippen molar-refractivity contribution in [3.8, 4) is 0 Å². The predicted molar refractivity (Wildman–Crippen MR) is 97.8 cm³/mol. The highest BCUT2D eigenvalue weighted by molar-refractivity contribution is 5.78. The molecule has 3 N–H and O–H groups in total. The van der Waals surface area contributed by atoms with Gasteiger partial charge in [0.1, 0.15) is 5.60 Å². The van der Waals surface area contributed by atoms with Crippen molar-refractivity contribution in [2.75, 3.05) is 0 Å². The number of hydrogen-bond acceptors (Lipinski definition) is 3. The smallest absolute Gasteiger partial charge is 0.309 e. The zero-order chi connectivity index (χ0) is 17.6. The molecule has 0 aromatic heterocycles. The Morgan fingerprint density at radius 1 is 1.00 bits per heavy atom. The van der Waals surface area contributed by atoms with Crippen molar-refractivity contribution in [3.63, 3.8) is 0 Å². The van der Waals surface area contributed by atoms with Crippen LogP contribution < -0.4 is 11.1 Å². The van der Waals surface area contributed by atoms with Gasteiger partial charge in [-0.1, -0.05) is 25.7 Å². The molecule has 0 radical (unpaired) electrons. The molecule has 2 fully saturated rings. The standard InChI is InChI=1S/C19H35N3O2/c1-19(2,3)24-17(23)14-10-12-16(13-11-14)22-18(20)21-15-8-6-4-5-7-9-15/h14-16H,4-13H2,1-3H3,(H3,20,21,22). The zero-order valence-corrected chi connectivity index (χ0v) is 15.6. The first-order chi connectivity index (χ1) is 11.3. The summed E-state index contributed by atoms with van der Waals surface area (Å²) in [6.45, 7) is 5.75. The fourth-order valence-corrected chi connectivity index (χ4v) is 3.69. The minimum Gasteiger partial charge on any atom is -0.460 e. The molecule has 0 heterocycles. The Labute approximate surface area is 146 Å². The van der Waals surface area contributed by atoms with E-state index < -0.39 is 5.60 Å². The molecule has 0 aromatic carbocycles. The number of esters is 1. The third-order valence-electron chi connectivity index (χ3n) is 4.97. The number of nitrogens with one attached hydrogen (secondary N) is 1. The van der Waals surface area contributed by atoms with E-state index >= 15 is 0 Å². The van der Waals surface area contributed by atoms with E-state index in [1.54, 1.807) is 0 Å². The summed E-state index contributed by atoms with van der Waals surface area (Å²) in [5.41, 5.74) is 5.71. The van der Waals surface area contributed by atoms with Gasteiger partial charge in [0.2, 0.25) is 0 Å². The summed E-state index contributed by atoms with van der Waals surface area (Å²) in [7, 11) is 0. The van der Waals surface area contributed by atoms with Gasteiger partial charge in [0, 0.05) is 6.04 Å². The molecule has 5 nitrogen and oxygen atoms in total. The molecule has 2 saturated carbocycles. The van der Waals surface area contributed by atoms with Crippen molar-refractivity contribution in [2.24, 2.45) is 16.6 Å². The first kappa shape index (κ1) is 19.1. The first-order valence-corrected chi connectivity index (χ1v) is 9.66. The maximum Gasteiger partial charge on any atom is 0.309 e. The highest BCUT2D eigenvalue weighted by Crippen LogP contribution is 2.28. The molecule has 0 aliphatic heterocycles. The van der Waals surface area contributed by atoms with Gasteiger partial charge in [0.15, 0.2) is 5.96 Å². The summed E-state index contributed by atoms with van der Waals surface area (Å²) in [6.07, 6.45) is 11.2. The maximum atomic E-state index is 12.1. The summed E-state index contributed by atoms with van der Waals surface area (Å²) in [5, 5.41) is 3.41. The molecular formula is C19H35N3O2. The lowest BCUT2D eigenvalue weighted by Gasteiger charge is -2.28. The molecule has 0 amide bonds. The number of nitrogens with zero attached hydrogens (tertiary/aromatic N) is 1. The largest absolute Gasteiger partial charge is 0.460 e. The van der Waals surface area contributed by atoms with Gasteiger partial charge in [-0.3, -0.25) is 9.79 Å². The van der Waals surface area contributed by atoms with Crippen molar-refractivity contribution >= 4 is 11.9 Å². The minimum absolute atomic E-state index is 0.0201. The van der Waals surface area contributed by atoms with E-state index in [9.17, 15) is 4.79 Å². The average Bonchev–Trinajstić information content (AvgIpc) is 2.74. The van der Waals surface area contributed by atoms with Crippen LogP contribution in [-0.4, -0.2) is 29.6 Å². The monoisotopic (exact) mass is 337 g/mol. The van der Waals surface area contributed by atoms with Crippen molar-refractivity contribution < 1.29 is 9.53 Å². The molecule has 0 unspecified atom stereocenters. The Hall–Kier alpha value is -1.26. The van der Waals surface area contributed by atoms with Crippen LogP contribution in [-0.2, 0) is 9.53 Å². The Morgan fingerprint density at radius 3 is 2.12 bits per heavy atom. The third kappa shape index (κ3) is 6.70. The first-order valence-electron chi connectivity index (χ1n) is 9.66. The highest BCUT2D eigenvalue weighted by Gasteiger charge is 2.30. The number of rotatable bonds is 3. The number of ether oxygens (including phenoxy) is 1. The summed E-state index contributed by atoms with van der Waals surface area (Å²) < 4.78 is 5.49. The molecule has 0 aromatic rings. The second-order valence-corrected chi connectivity index (χ2v) is 8.39. The second-order valence-electron chi connectivity index (χ2n) is 8.39. The second kappa shape index (κ2) is 8.72. The van der Waals surface area contributed by atoms with E-state index in [2.05, 4.69) is 10.3 Å². The van der Waals surface area contributed by atoms with Gasteiger partial charge >= 0.3 is 5.97 Å². The summed E-state index contributed by atoms with van der Waals surface area (Å²) in [5.74, 6) is 0.545. The summed E-state index contributed by atoms with van der Waals surface area (Å²) >= 11 is 0. The number of nitrogens with two attached hydrogens (primary N) is 1. The third-order valence-corrected chi connectivity index (χ3v) is 4.97. The normalized spacial score (nSPS) is 27.4. The van der Waals surface area contributed by atoms with Gasteiger partial charge in [-0.25, -0.2) is 0 Å². The Kier molecular flexibility index (Phi) is 6.93. The Balaban J connectivity index is 1.75. The van der Waals surface area contributed by atoms with Gasteiger partial charge in [0.25, 0.3) is 0 Å². The zero-order valence-electron chi connectivity index (χ0n) is 15.6. The van der Waals surface area contributed by atoms with E-state index in [1.807, 2.05) is 20.8 Å². The lowest BCUT2D eigenvalue weighted by molar-refractivity contribution is -0.161. The van der Waals surface area contributed by atoms with Crippen LogP contribution in [0.2, 0.25) is 0 Å². The molecule has 138 valence electrons. The predicted octanol–water partition coefficient (Wildman–Crippen LogP) is 3.51. The van der Waals surface area contributed by atoms with E-state index in [0.29, 0.717) is 12.0 Å². The van der Waals surface area contributed by atoms with Crippen LogP contribution in [0.15, 0.2) is 4.99 Å². The van der Waals surface area contributed by atoms with E-state index in [0.717, 1.165) is 25.7 Å². The molecule has 0 atom stereocenters. The Bertz CT molecular complexity index is 426. The Morgan fingerprint density at radius 2 is 1.58 bits per heavy atom. The molecule has 24 heavy (non-hydrogen) atoms. The van der Waals surface area contributed by atoms with Gasteiger partial charge in [-0.15, -0.1) is 0 Å². The van der Waals surface area contributed by atoms with Crippen LogP contribution in [0.5, 0.6) is 0 Å². The van der Waals surface area contributed by atoms with Crippen LogP contribution in [0, 0.1) is 5.92 Å². The lowest BCUT2D eigenvalue weighted by atomic mass is 9.86. The molecule has 0 bridgehead atoms. The van der Waals surface area contributed by atoms with Crippen molar-refractivity contribution in [2.45, 2.75) is 103 Å². The maximum absolute atomic E-state index is 12.1. The lowest BCUT2D eigenvalue weighted by Crippen LogP contribution is -2.41. The van der Waals surface area contributed by atoms with Crippen LogP contribution in [0.25, 0.3) is 0 Å². The van der Waals surface area contributed by atoms with Crippen molar-refractivity contribution in [1.29, 1.82) is 0 Å². The van der Waals surface area contributed by atoms with Crippen LogP contribution in [0.4, 0.5) is 0 Å². The van der Waals surface area contributed by atoms with Crippen molar-refractivity contribution in [1.82, 2.24) is 5.32 Å². The molecule has 2 aliphatic carbocycles. The molecule has 0 spiro atoms. The molecule has 2 aliphatic rings. The number of carbonyl (C=O) groups excluding carboxylic acids is 1. The van der Waals surface area contributed by atoms with Gasteiger partial charge < -0.3 is 15.8 Å². The summed E-state index contributed by atoms with van der Waals surface area (Å²) in [4.78, 5) is 16.8. The van der Waals surface area contributed by atoms with E-state index in [-0.39, 0.29) is 17.9 Å². The van der Waals surface area contributed by atoms with E-state index in [1.165, 1.54) is 38.5 Å². The molecule has 5 heteroatoms. The van der Waals surface area contributed by atoms with Crippen LogP contribution in [0.1, 0.15) is 85.0 Å². The van der Waals surface area contributed by atoms with E-state index in [4.69, 9.17) is 10.5 Å². The van der Waals surface area contributed by atoms with Crippen LogP contribution >= 0.6 is 0 Å². The molecular weight excluding hydrogens is 302 g/mol. The molecule has 2 rings (SSSR count). The van der Waals surface area contributed by atoms with Gasteiger partial charge in [-0.05, 0) is 59.3 Å². The number of guanidine groups is 1. The topological polar surface area (TPSA) is 76.7 Å².